The van der Waals surface area contributed by atoms with Crippen LogP contribution in [0.3, 0.4) is 0 Å². The highest BCUT2D eigenvalue weighted by Crippen LogP contribution is 2.23. The number of amides is 1. The fourth-order valence-electron chi connectivity index (χ4n) is 1.58. The van der Waals surface area contributed by atoms with E-state index >= 15 is 0 Å². The molecule has 1 aromatic carbocycles. The van der Waals surface area contributed by atoms with Crippen molar-refractivity contribution < 1.29 is 9.53 Å². The summed E-state index contributed by atoms with van der Waals surface area (Å²) >= 11 is 0. The Morgan fingerprint density at radius 3 is 2.58 bits per heavy atom. The molecule has 19 heavy (non-hydrogen) atoms. The molecule has 1 aromatic rings. The first-order chi connectivity index (χ1) is 8.98. The van der Waals surface area contributed by atoms with E-state index in [1.54, 1.807) is 0 Å². The van der Waals surface area contributed by atoms with E-state index in [0.717, 1.165) is 17.9 Å². The van der Waals surface area contributed by atoms with Crippen molar-refractivity contribution in [1.82, 2.24) is 5.32 Å². The normalized spacial score (nSPS) is 10.9. The number of carbonyl (C=O) groups excluding carboxylic acids is 1. The summed E-state index contributed by atoms with van der Waals surface area (Å²) in [4.78, 5) is 11.8. The molecule has 0 spiro atoms. The minimum atomic E-state index is -0.168. The SMILES string of the molecule is CCOc1ccccc1NCC(=O)NC(C)(C)CC. The van der Waals surface area contributed by atoms with Crippen LogP contribution in [0.5, 0.6) is 5.75 Å². The molecule has 0 aliphatic carbocycles. The van der Waals surface area contributed by atoms with Crippen LogP contribution in [-0.2, 0) is 4.79 Å². The highest BCUT2D eigenvalue weighted by atomic mass is 16.5. The van der Waals surface area contributed by atoms with E-state index < -0.39 is 0 Å². The fraction of sp³-hybridized carbons (Fsp3) is 0.533. The van der Waals surface area contributed by atoms with E-state index in [0.29, 0.717) is 6.61 Å². The summed E-state index contributed by atoms with van der Waals surface area (Å²) in [5.74, 6) is 0.755. The van der Waals surface area contributed by atoms with Crippen LogP contribution in [0.25, 0.3) is 0 Å². The van der Waals surface area contributed by atoms with Gasteiger partial charge in [0.15, 0.2) is 0 Å². The third-order valence-electron chi connectivity index (χ3n) is 2.99. The Bertz CT molecular complexity index is 416. The van der Waals surface area contributed by atoms with Crippen molar-refractivity contribution in [2.45, 2.75) is 39.7 Å². The van der Waals surface area contributed by atoms with Gasteiger partial charge in [0.2, 0.25) is 5.91 Å². The number of rotatable bonds is 7. The maximum Gasteiger partial charge on any atom is 0.239 e. The van der Waals surface area contributed by atoms with Crippen molar-refractivity contribution in [3.05, 3.63) is 24.3 Å². The van der Waals surface area contributed by atoms with Gasteiger partial charge >= 0.3 is 0 Å². The van der Waals surface area contributed by atoms with Crippen LogP contribution in [0.1, 0.15) is 34.1 Å². The lowest BCUT2D eigenvalue weighted by atomic mass is 10.0. The zero-order valence-electron chi connectivity index (χ0n) is 12.2. The van der Waals surface area contributed by atoms with E-state index in [1.807, 2.05) is 45.0 Å². The standard InChI is InChI=1S/C15H24N2O2/c1-5-15(3,4)17-14(18)11-16-12-9-7-8-10-13(12)19-6-2/h7-10,16H,5-6,11H2,1-4H3,(H,17,18). The molecule has 0 unspecified atom stereocenters. The summed E-state index contributed by atoms with van der Waals surface area (Å²) in [6.45, 7) is 8.87. The van der Waals surface area contributed by atoms with Gasteiger partial charge in [-0.25, -0.2) is 0 Å². The Balaban J connectivity index is 2.55. The number of para-hydroxylation sites is 2. The van der Waals surface area contributed by atoms with Crippen molar-refractivity contribution >= 4 is 11.6 Å². The second-order valence-corrected chi connectivity index (χ2v) is 5.07. The maximum absolute atomic E-state index is 11.8. The molecule has 0 bridgehead atoms. The topological polar surface area (TPSA) is 50.4 Å². The fourth-order valence-corrected chi connectivity index (χ4v) is 1.58. The van der Waals surface area contributed by atoms with Crippen LogP contribution in [0.2, 0.25) is 0 Å². The molecule has 2 N–H and O–H groups in total. The number of benzene rings is 1. The van der Waals surface area contributed by atoms with Crippen LogP contribution in [0.4, 0.5) is 5.69 Å². The van der Waals surface area contributed by atoms with Gasteiger partial charge < -0.3 is 15.4 Å². The number of ether oxygens (including phenoxy) is 1. The minimum Gasteiger partial charge on any atom is -0.492 e. The quantitative estimate of drug-likeness (QED) is 0.796. The lowest BCUT2D eigenvalue weighted by molar-refractivity contribution is -0.121. The molecule has 0 heterocycles. The molecule has 0 atom stereocenters. The molecular formula is C15H24N2O2. The first-order valence-corrected chi connectivity index (χ1v) is 6.75. The second kappa shape index (κ2) is 7.02. The van der Waals surface area contributed by atoms with E-state index in [1.165, 1.54) is 0 Å². The Morgan fingerprint density at radius 1 is 1.26 bits per heavy atom. The van der Waals surface area contributed by atoms with Gasteiger partial charge in [-0.2, -0.15) is 0 Å². The number of nitrogens with one attached hydrogen (secondary N) is 2. The van der Waals surface area contributed by atoms with Crippen molar-refractivity contribution in [2.24, 2.45) is 0 Å². The molecule has 0 aliphatic rings. The highest BCUT2D eigenvalue weighted by molar-refractivity contribution is 5.81. The van der Waals surface area contributed by atoms with Crippen LogP contribution in [-0.4, -0.2) is 24.6 Å². The van der Waals surface area contributed by atoms with E-state index in [9.17, 15) is 4.79 Å². The highest BCUT2D eigenvalue weighted by Gasteiger charge is 2.17. The molecule has 0 fully saturated rings. The summed E-state index contributed by atoms with van der Waals surface area (Å²) < 4.78 is 5.50. The first-order valence-electron chi connectivity index (χ1n) is 6.75. The van der Waals surface area contributed by atoms with Crippen LogP contribution in [0, 0.1) is 0 Å². The number of hydrogen-bond acceptors (Lipinski definition) is 3. The monoisotopic (exact) mass is 264 g/mol. The van der Waals surface area contributed by atoms with Gasteiger partial charge in [-0.1, -0.05) is 19.1 Å². The molecule has 0 aliphatic heterocycles. The molecule has 4 nitrogen and oxygen atoms in total. The van der Waals surface area contributed by atoms with Gasteiger partial charge in [-0.3, -0.25) is 4.79 Å². The van der Waals surface area contributed by atoms with Crippen LogP contribution >= 0.6 is 0 Å². The zero-order valence-corrected chi connectivity index (χ0v) is 12.2. The Labute approximate surface area is 115 Å². The molecule has 0 saturated carbocycles. The average molecular weight is 264 g/mol. The van der Waals surface area contributed by atoms with Crippen LogP contribution in [0.15, 0.2) is 24.3 Å². The van der Waals surface area contributed by atoms with Crippen molar-refractivity contribution in [1.29, 1.82) is 0 Å². The molecule has 0 radical (unpaired) electrons. The van der Waals surface area contributed by atoms with Gasteiger partial charge in [0.1, 0.15) is 5.75 Å². The number of hydrogen-bond donors (Lipinski definition) is 2. The molecule has 1 rings (SSSR count). The Hall–Kier alpha value is -1.71. The third kappa shape index (κ3) is 5.20. The largest absolute Gasteiger partial charge is 0.492 e. The number of carbonyl (C=O) groups is 1. The van der Waals surface area contributed by atoms with Crippen molar-refractivity contribution in [2.75, 3.05) is 18.5 Å². The summed E-state index contributed by atoms with van der Waals surface area (Å²) in [5, 5.41) is 6.09. The molecule has 0 aromatic heterocycles. The summed E-state index contributed by atoms with van der Waals surface area (Å²) in [7, 11) is 0. The van der Waals surface area contributed by atoms with Gasteiger partial charge in [-0.05, 0) is 39.3 Å². The Kier molecular flexibility index (Phi) is 5.67. The Morgan fingerprint density at radius 2 is 1.95 bits per heavy atom. The predicted molar refractivity (Wildman–Crippen MR) is 78.6 cm³/mol. The average Bonchev–Trinajstić information content (AvgIpc) is 2.38. The lowest BCUT2D eigenvalue weighted by Crippen LogP contribution is -2.45. The lowest BCUT2D eigenvalue weighted by Gasteiger charge is -2.24. The van der Waals surface area contributed by atoms with Crippen molar-refractivity contribution in [3.8, 4) is 5.75 Å². The molecule has 1 amide bonds. The summed E-state index contributed by atoms with van der Waals surface area (Å²) in [6, 6.07) is 7.62. The molecule has 4 heteroatoms. The third-order valence-corrected chi connectivity index (χ3v) is 2.99. The predicted octanol–water partition coefficient (Wildman–Crippen LogP) is 2.80. The van der Waals surface area contributed by atoms with Crippen LogP contribution < -0.4 is 15.4 Å². The van der Waals surface area contributed by atoms with Gasteiger partial charge in [0, 0.05) is 5.54 Å². The summed E-state index contributed by atoms with van der Waals surface area (Å²) in [6.07, 6.45) is 0.897. The first kappa shape index (κ1) is 15.3. The summed E-state index contributed by atoms with van der Waals surface area (Å²) in [5.41, 5.74) is 0.673. The van der Waals surface area contributed by atoms with Gasteiger partial charge in [0.25, 0.3) is 0 Å². The second-order valence-electron chi connectivity index (χ2n) is 5.07. The van der Waals surface area contributed by atoms with Gasteiger partial charge in [-0.15, -0.1) is 0 Å². The molecular weight excluding hydrogens is 240 g/mol. The molecule has 0 saturated heterocycles. The minimum absolute atomic E-state index is 0.0156. The zero-order chi connectivity index (χ0) is 14.3. The smallest absolute Gasteiger partial charge is 0.239 e. The van der Waals surface area contributed by atoms with E-state index in [-0.39, 0.29) is 18.0 Å². The van der Waals surface area contributed by atoms with E-state index in [4.69, 9.17) is 4.74 Å². The van der Waals surface area contributed by atoms with Crippen molar-refractivity contribution in [3.63, 3.8) is 0 Å². The van der Waals surface area contributed by atoms with Gasteiger partial charge in [0.05, 0.1) is 18.8 Å². The maximum atomic E-state index is 11.8. The van der Waals surface area contributed by atoms with E-state index in [2.05, 4.69) is 17.6 Å². The molecule has 106 valence electrons. The number of anilines is 1.